The van der Waals surface area contributed by atoms with Crippen LogP contribution in [0.2, 0.25) is 0 Å². The van der Waals surface area contributed by atoms with Crippen molar-refractivity contribution >= 4 is 34.7 Å². The molecule has 0 heterocycles. The number of hydrogen-bond acceptors (Lipinski definition) is 4. The maximum absolute atomic E-state index is 5.53. The Labute approximate surface area is 312 Å². The molecular weight excluding hydrogens is 653 g/mol. The molecule has 0 radical (unpaired) electrons. The molecule has 268 valence electrons. The zero-order chi connectivity index (χ0) is 34.2. The summed E-state index contributed by atoms with van der Waals surface area (Å²) >= 11 is 11.1. The van der Waals surface area contributed by atoms with Crippen molar-refractivity contribution in [2.24, 2.45) is 0 Å². The standard InChI is InChI=1S/C41H54N6S2.CH4/c48-40(46-32-24-38(34-16-5-1-6-17-34)35-18-7-2-8-19-35)44-30-14-28-42-26-13-27-43-29-15-31-45-41(49)47-33-25-39(36-20-9-3-10-21-36)37-22-11-4-12-23-37;/h1-12,16-23,38-39,42-43H,13-15,24-33H2,(H2,44,46,48)(H2,45,47,49);1H4. The van der Waals surface area contributed by atoms with Crippen molar-refractivity contribution in [2.45, 2.75) is 51.4 Å². The van der Waals surface area contributed by atoms with Gasteiger partial charge in [-0.3, -0.25) is 0 Å². The highest BCUT2D eigenvalue weighted by Crippen LogP contribution is 2.28. The van der Waals surface area contributed by atoms with Crippen molar-refractivity contribution in [2.75, 3.05) is 52.4 Å². The van der Waals surface area contributed by atoms with Crippen molar-refractivity contribution in [1.29, 1.82) is 0 Å². The first kappa shape index (κ1) is 40.6. The van der Waals surface area contributed by atoms with Gasteiger partial charge >= 0.3 is 0 Å². The van der Waals surface area contributed by atoms with Gasteiger partial charge in [-0.05, 0) is 105 Å². The lowest BCUT2D eigenvalue weighted by atomic mass is 9.88. The molecule has 50 heavy (non-hydrogen) atoms. The fraction of sp³-hybridized carbons (Fsp3) is 0.381. The van der Waals surface area contributed by atoms with Crippen LogP contribution >= 0.6 is 24.4 Å². The zero-order valence-corrected chi connectivity index (χ0v) is 30.3. The van der Waals surface area contributed by atoms with Crippen molar-refractivity contribution in [3.05, 3.63) is 144 Å². The summed E-state index contributed by atoms with van der Waals surface area (Å²) in [5.41, 5.74) is 5.35. The van der Waals surface area contributed by atoms with Crippen LogP contribution < -0.4 is 31.9 Å². The second-order valence-electron chi connectivity index (χ2n) is 12.3. The smallest absolute Gasteiger partial charge is 0.166 e. The van der Waals surface area contributed by atoms with Crippen LogP contribution in [0, 0.1) is 0 Å². The predicted molar refractivity (Wildman–Crippen MR) is 222 cm³/mol. The molecule has 0 aliphatic carbocycles. The normalized spacial score (nSPS) is 10.8. The van der Waals surface area contributed by atoms with E-state index in [1.165, 1.54) is 22.3 Å². The first-order chi connectivity index (χ1) is 24.2. The lowest BCUT2D eigenvalue weighted by Gasteiger charge is -2.19. The molecule has 0 saturated heterocycles. The first-order valence-corrected chi connectivity index (χ1v) is 18.7. The molecule has 0 amide bonds. The molecular formula is C42H58N6S2. The maximum Gasteiger partial charge on any atom is 0.166 e. The minimum absolute atomic E-state index is 0. The predicted octanol–water partition coefficient (Wildman–Crippen LogP) is 7.34. The molecule has 0 aromatic heterocycles. The Bertz CT molecular complexity index is 1250. The summed E-state index contributed by atoms with van der Waals surface area (Å²) in [6.45, 7) is 7.36. The maximum atomic E-state index is 5.53. The van der Waals surface area contributed by atoms with Gasteiger partial charge in [0.2, 0.25) is 0 Å². The monoisotopic (exact) mass is 710 g/mol. The van der Waals surface area contributed by atoms with Crippen LogP contribution in [0.25, 0.3) is 0 Å². The van der Waals surface area contributed by atoms with E-state index < -0.39 is 0 Å². The number of thiocarbonyl (C=S) groups is 2. The molecule has 4 aromatic rings. The minimum Gasteiger partial charge on any atom is -0.363 e. The molecule has 6 nitrogen and oxygen atoms in total. The van der Waals surface area contributed by atoms with Gasteiger partial charge in [0, 0.05) is 38.0 Å². The number of nitrogens with one attached hydrogen (secondary N) is 6. The third-order valence-electron chi connectivity index (χ3n) is 8.58. The van der Waals surface area contributed by atoms with Gasteiger partial charge in [0.05, 0.1) is 0 Å². The second-order valence-corrected chi connectivity index (χ2v) is 13.1. The summed E-state index contributed by atoms with van der Waals surface area (Å²) in [6.07, 6.45) is 5.14. The van der Waals surface area contributed by atoms with Crippen LogP contribution in [0.5, 0.6) is 0 Å². The Balaban J connectivity index is 0.00000676. The van der Waals surface area contributed by atoms with Crippen molar-refractivity contribution < 1.29 is 0 Å². The van der Waals surface area contributed by atoms with E-state index in [1.807, 2.05) is 0 Å². The Morgan fingerprint density at radius 2 is 0.640 bits per heavy atom. The lowest BCUT2D eigenvalue weighted by molar-refractivity contribution is 0.571. The largest absolute Gasteiger partial charge is 0.363 e. The highest BCUT2D eigenvalue weighted by Gasteiger charge is 2.15. The minimum atomic E-state index is 0. The van der Waals surface area contributed by atoms with E-state index in [9.17, 15) is 0 Å². The lowest BCUT2D eigenvalue weighted by Crippen LogP contribution is -2.37. The van der Waals surface area contributed by atoms with Crippen LogP contribution in [-0.2, 0) is 0 Å². The van der Waals surface area contributed by atoms with Crippen LogP contribution in [0.4, 0.5) is 0 Å². The number of rotatable bonds is 22. The summed E-state index contributed by atoms with van der Waals surface area (Å²) in [5, 5.41) is 22.0. The van der Waals surface area contributed by atoms with Crippen molar-refractivity contribution in [1.82, 2.24) is 31.9 Å². The summed E-state index contributed by atoms with van der Waals surface area (Å²) in [7, 11) is 0. The third kappa shape index (κ3) is 15.8. The van der Waals surface area contributed by atoms with Gasteiger partial charge < -0.3 is 31.9 Å². The topological polar surface area (TPSA) is 72.2 Å². The molecule has 0 atom stereocenters. The molecule has 0 unspecified atom stereocenters. The fourth-order valence-electron chi connectivity index (χ4n) is 6.00. The SMILES string of the molecule is C.S=C(NCCCNCCCNCCCNC(=S)NCCC(c1ccccc1)c1ccccc1)NCCC(c1ccccc1)c1ccccc1. The van der Waals surface area contributed by atoms with Crippen molar-refractivity contribution in [3.63, 3.8) is 0 Å². The van der Waals surface area contributed by atoms with Crippen molar-refractivity contribution in [3.8, 4) is 0 Å². The highest BCUT2D eigenvalue weighted by molar-refractivity contribution is 7.80. The summed E-state index contributed by atoms with van der Waals surface area (Å²) in [4.78, 5) is 0. The Morgan fingerprint density at radius 3 is 0.940 bits per heavy atom. The van der Waals surface area contributed by atoms with E-state index in [4.69, 9.17) is 24.4 Å². The Morgan fingerprint density at radius 1 is 0.380 bits per heavy atom. The second kappa shape index (κ2) is 25.2. The molecule has 0 aliphatic heterocycles. The van der Waals surface area contributed by atoms with E-state index in [0.29, 0.717) is 11.8 Å². The van der Waals surface area contributed by atoms with Crippen LogP contribution in [0.15, 0.2) is 121 Å². The van der Waals surface area contributed by atoms with E-state index in [0.717, 1.165) is 94.7 Å². The van der Waals surface area contributed by atoms with Gasteiger partial charge in [-0.1, -0.05) is 129 Å². The highest BCUT2D eigenvalue weighted by atomic mass is 32.1. The van der Waals surface area contributed by atoms with Gasteiger partial charge in [0.15, 0.2) is 10.2 Å². The van der Waals surface area contributed by atoms with E-state index in [-0.39, 0.29) is 7.43 Å². The average Bonchev–Trinajstić information content (AvgIpc) is 3.15. The molecule has 0 saturated carbocycles. The van der Waals surface area contributed by atoms with E-state index in [1.54, 1.807) is 0 Å². The fourth-order valence-corrected chi connectivity index (χ4v) is 6.41. The molecule has 8 heteroatoms. The molecule has 0 aliphatic rings. The van der Waals surface area contributed by atoms with Gasteiger partial charge in [-0.2, -0.15) is 0 Å². The first-order valence-electron chi connectivity index (χ1n) is 17.9. The number of benzene rings is 4. The van der Waals surface area contributed by atoms with Crippen LogP contribution in [0.3, 0.4) is 0 Å². The van der Waals surface area contributed by atoms with E-state index in [2.05, 4.69) is 153 Å². The molecule has 6 N–H and O–H groups in total. The molecule has 0 bridgehead atoms. The molecule has 0 fully saturated rings. The van der Waals surface area contributed by atoms with Gasteiger partial charge in [-0.15, -0.1) is 0 Å². The molecule has 0 spiro atoms. The average molecular weight is 711 g/mol. The van der Waals surface area contributed by atoms with Crippen LogP contribution in [-0.4, -0.2) is 62.6 Å². The van der Waals surface area contributed by atoms with E-state index >= 15 is 0 Å². The zero-order valence-electron chi connectivity index (χ0n) is 28.7. The Hall–Kier alpha value is -3.82. The summed E-state index contributed by atoms with van der Waals surface area (Å²) < 4.78 is 0. The summed E-state index contributed by atoms with van der Waals surface area (Å²) in [5.74, 6) is 0.701. The molecule has 4 aromatic carbocycles. The van der Waals surface area contributed by atoms with Gasteiger partial charge in [0.25, 0.3) is 0 Å². The van der Waals surface area contributed by atoms with Crippen LogP contribution in [0.1, 0.15) is 73.6 Å². The van der Waals surface area contributed by atoms with Gasteiger partial charge in [-0.25, -0.2) is 0 Å². The summed E-state index contributed by atoms with van der Waals surface area (Å²) in [6, 6.07) is 42.9. The quantitative estimate of drug-likeness (QED) is 0.0374. The van der Waals surface area contributed by atoms with Gasteiger partial charge in [0.1, 0.15) is 0 Å². The number of hydrogen-bond donors (Lipinski definition) is 6. The Kier molecular flexibility index (Phi) is 20.4. The third-order valence-corrected chi connectivity index (χ3v) is 9.16. The molecule has 4 rings (SSSR count).